The largest absolute Gasteiger partial charge is 0.340 e. The summed E-state index contributed by atoms with van der Waals surface area (Å²) in [5.74, 6) is 0.320. The topological polar surface area (TPSA) is 56.8 Å². The van der Waals surface area contributed by atoms with E-state index in [1.165, 1.54) is 0 Å². The van der Waals surface area contributed by atoms with Crippen molar-refractivity contribution in [3.63, 3.8) is 0 Å². The number of benzene rings is 1. The highest BCUT2D eigenvalue weighted by Gasteiger charge is 2.36. The van der Waals surface area contributed by atoms with E-state index in [4.69, 9.17) is 0 Å². The second kappa shape index (κ2) is 9.09. The van der Waals surface area contributed by atoms with Crippen LogP contribution in [-0.4, -0.2) is 65.4 Å². The number of anilines is 1. The summed E-state index contributed by atoms with van der Waals surface area (Å²) in [6.45, 7) is 10.0. The van der Waals surface area contributed by atoms with Crippen molar-refractivity contribution in [2.24, 2.45) is 0 Å². The van der Waals surface area contributed by atoms with Gasteiger partial charge in [-0.25, -0.2) is 4.98 Å². The number of thiazole rings is 1. The number of para-hydroxylation sites is 1. The number of carbonyl (C=O) groups is 2. The monoisotopic (exact) mass is 440 g/mol. The van der Waals surface area contributed by atoms with Gasteiger partial charge in [-0.2, -0.15) is 0 Å². The molecule has 2 saturated heterocycles. The zero-order valence-electron chi connectivity index (χ0n) is 18.7. The Bertz CT molecular complexity index is 913. The summed E-state index contributed by atoms with van der Waals surface area (Å²) in [7, 11) is 0. The van der Waals surface area contributed by atoms with E-state index >= 15 is 0 Å². The number of carbonyl (C=O) groups excluding carboxylic acids is 2. The Kier molecular flexibility index (Phi) is 6.44. The van der Waals surface area contributed by atoms with Crippen LogP contribution in [-0.2, 0) is 21.4 Å². The molecule has 1 unspecified atom stereocenters. The number of aromatic nitrogens is 1. The SMILES string of the molecule is CC(C)(C)c1nc(CC(=O)N2CCN(C3CCCN(c4ccccc4)C3=O)CC2)cs1. The number of amides is 2. The first-order valence-corrected chi connectivity index (χ1v) is 12.0. The van der Waals surface area contributed by atoms with E-state index in [1.54, 1.807) is 11.3 Å². The molecule has 0 spiro atoms. The van der Waals surface area contributed by atoms with E-state index < -0.39 is 0 Å². The Morgan fingerprint density at radius 1 is 1.10 bits per heavy atom. The molecule has 2 aliphatic rings. The molecule has 7 heteroatoms. The lowest BCUT2D eigenvalue weighted by molar-refractivity contribution is -0.133. The minimum absolute atomic E-state index is 0.0117. The van der Waals surface area contributed by atoms with Crippen molar-refractivity contribution in [3.8, 4) is 0 Å². The zero-order valence-corrected chi connectivity index (χ0v) is 19.5. The lowest BCUT2D eigenvalue weighted by Gasteiger charge is -2.42. The van der Waals surface area contributed by atoms with Gasteiger partial charge < -0.3 is 9.80 Å². The van der Waals surface area contributed by atoms with Gasteiger partial charge in [0.15, 0.2) is 0 Å². The van der Waals surface area contributed by atoms with Crippen molar-refractivity contribution in [1.29, 1.82) is 0 Å². The van der Waals surface area contributed by atoms with E-state index in [2.05, 4.69) is 30.7 Å². The maximum Gasteiger partial charge on any atom is 0.244 e. The highest BCUT2D eigenvalue weighted by Crippen LogP contribution is 2.27. The molecule has 3 heterocycles. The quantitative estimate of drug-likeness (QED) is 0.732. The molecule has 2 aliphatic heterocycles. The van der Waals surface area contributed by atoms with Crippen LogP contribution in [0.1, 0.15) is 44.3 Å². The Hall–Kier alpha value is -2.25. The summed E-state index contributed by atoms with van der Waals surface area (Å²) in [5.41, 5.74) is 1.85. The zero-order chi connectivity index (χ0) is 22.0. The Balaban J connectivity index is 1.32. The predicted molar refractivity (Wildman–Crippen MR) is 124 cm³/mol. The van der Waals surface area contributed by atoms with Crippen LogP contribution in [0.2, 0.25) is 0 Å². The van der Waals surface area contributed by atoms with Crippen LogP contribution < -0.4 is 4.90 Å². The summed E-state index contributed by atoms with van der Waals surface area (Å²) in [4.78, 5) is 36.7. The minimum atomic E-state index is -0.0842. The molecule has 0 radical (unpaired) electrons. The lowest BCUT2D eigenvalue weighted by Crippen LogP contribution is -2.58. The third-order valence-electron chi connectivity index (χ3n) is 6.11. The number of piperazine rings is 1. The van der Waals surface area contributed by atoms with E-state index in [1.807, 2.05) is 45.5 Å². The van der Waals surface area contributed by atoms with E-state index in [-0.39, 0.29) is 23.3 Å². The van der Waals surface area contributed by atoms with Crippen LogP contribution >= 0.6 is 11.3 Å². The van der Waals surface area contributed by atoms with Crippen LogP contribution in [0.5, 0.6) is 0 Å². The smallest absolute Gasteiger partial charge is 0.244 e. The summed E-state index contributed by atoms with van der Waals surface area (Å²) in [6.07, 6.45) is 2.26. The van der Waals surface area contributed by atoms with Crippen molar-refractivity contribution in [2.75, 3.05) is 37.6 Å². The average Bonchev–Trinajstić information content (AvgIpc) is 3.24. The van der Waals surface area contributed by atoms with Crippen LogP contribution in [0.25, 0.3) is 0 Å². The highest BCUT2D eigenvalue weighted by molar-refractivity contribution is 7.09. The van der Waals surface area contributed by atoms with Crippen LogP contribution in [0.3, 0.4) is 0 Å². The molecule has 1 aromatic carbocycles. The molecule has 2 fully saturated rings. The first kappa shape index (κ1) is 22.0. The molecule has 0 saturated carbocycles. The van der Waals surface area contributed by atoms with E-state index in [0.717, 1.165) is 48.9 Å². The van der Waals surface area contributed by atoms with Crippen LogP contribution in [0, 0.1) is 0 Å². The molecule has 0 aliphatic carbocycles. The van der Waals surface area contributed by atoms with Gasteiger partial charge in [-0.1, -0.05) is 39.0 Å². The summed E-state index contributed by atoms with van der Waals surface area (Å²) < 4.78 is 0. The maximum absolute atomic E-state index is 13.2. The fraction of sp³-hybridized carbons (Fsp3) is 0.542. The molecular formula is C24H32N4O2S. The summed E-state index contributed by atoms with van der Waals surface area (Å²) >= 11 is 1.63. The van der Waals surface area contributed by atoms with Gasteiger partial charge in [0.2, 0.25) is 11.8 Å². The first-order valence-electron chi connectivity index (χ1n) is 11.2. The Labute approximate surface area is 188 Å². The lowest BCUT2D eigenvalue weighted by atomic mass is 9.98. The Morgan fingerprint density at radius 2 is 1.81 bits per heavy atom. The van der Waals surface area contributed by atoms with Crippen LogP contribution in [0.15, 0.2) is 35.7 Å². The molecule has 2 amide bonds. The second-order valence-corrected chi connectivity index (χ2v) is 10.3. The van der Waals surface area contributed by atoms with E-state index in [0.29, 0.717) is 19.5 Å². The fourth-order valence-corrected chi connectivity index (χ4v) is 5.25. The fourth-order valence-electron chi connectivity index (χ4n) is 4.34. The normalized spacial score (nSPS) is 20.9. The number of piperidine rings is 1. The molecule has 0 bridgehead atoms. The molecular weight excluding hydrogens is 408 g/mol. The molecule has 0 N–H and O–H groups in total. The molecule has 4 rings (SSSR count). The van der Waals surface area contributed by atoms with Gasteiger partial charge in [0.1, 0.15) is 0 Å². The van der Waals surface area contributed by atoms with Crippen molar-refractivity contribution in [1.82, 2.24) is 14.8 Å². The van der Waals surface area contributed by atoms with Crippen molar-refractivity contribution < 1.29 is 9.59 Å². The Morgan fingerprint density at radius 3 is 2.45 bits per heavy atom. The van der Waals surface area contributed by atoms with Crippen molar-refractivity contribution in [3.05, 3.63) is 46.4 Å². The van der Waals surface area contributed by atoms with Gasteiger partial charge in [0.05, 0.1) is 23.2 Å². The van der Waals surface area contributed by atoms with Crippen LogP contribution in [0.4, 0.5) is 5.69 Å². The number of hydrogen-bond acceptors (Lipinski definition) is 5. The first-order chi connectivity index (χ1) is 14.8. The minimum Gasteiger partial charge on any atom is -0.340 e. The third kappa shape index (κ3) is 4.99. The molecule has 6 nitrogen and oxygen atoms in total. The standard InChI is InChI=1S/C24H32N4O2S/c1-24(2,3)23-25-18(17-31-23)16-21(29)27-14-12-26(13-15-27)20-10-7-11-28(22(20)30)19-8-5-4-6-9-19/h4-6,8-9,17,20H,7,10-16H2,1-3H3. The molecule has 1 aromatic heterocycles. The van der Waals surface area contributed by atoms with Crippen molar-refractivity contribution in [2.45, 2.75) is 51.5 Å². The maximum atomic E-state index is 13.2. The van der Waals surface area contributed by atoms with Gasteiger partial charge in [0, 0.05) is 49.2 Å². The van der Waals surface area contributed by atoms with Crippen molar-refractivity contribution >= 4 is 28.8 Å². The predicted octanol–water partition coefficient (Wildman–Crippen LogP) is 3.32. The number of rotatable bonds is 4. The molecule has 1 atom stereocenters. The van der Waals surface area contributed by atoms with Gasteiger partial charge in [-0.05, 0) is 25.0 Å². The molecule has 2 aromatic rings. The van der Waals surface area contributed by atoms with E-state index in [9.17, 15) is 9.59 Å². The van der Waals surface area contributed by atoms with Gasteiger partial charge in [-0.3, -0.25) is 14.5 Å². The number of nitrogens with zero attached hydrogens (tertiary/aromatic N) is 4. The molecule has 31 heavy (non-hydrogen) atoms. The summed E-state index contributed by atoms with van der Waals surface area (Å²) in [5, 5.41) is 3.08. The third-order valence-corrected chi connectivity index (χ3v) is 7.43. The summed E-state index contributed by atoms with van der Waals surface area (Å²) in [6, 6.07) is 9.84. The van der Waals surface area contributed by atoms with Gasteiger partial charge >= 0.3 is 0 Å². The van der Waals surface area contributed by atoms with Gasteiger partial charge in [0.25, 0.3) is 0 Å². The second-order valence-electron chi connectivity index (χ2n) is 9.47. The average molecular weight is 441 g/mol. The molecule has 166 valence electrons. The van der Waals surface area contributed by atoms with Gasteiger partial charge in [-0.15, -0.1) is 11.3 Å². The highest BCUT2D eigenvalue weighted by atomic mass is 32.1. The number of hydrogen-bond donors (Lipinski definition) is 0.